The number of carbonyl (C=O) groups is 1. The van der Waals surface area contributed by atoms with Gasteiger partial charge in [-0.2, -0.15) is 5.10 Å². The van der Waals surface area contributed by atoms with E-state index < -0.39 is 0 Å². The summed E-state index contributed by atoms with van der Waals surface area (Å²) in [6.45, 7) is 1.12. The summed E-state index contributed by atoms with van der Waals surface area (Å²) < 4.78 is 3.30. The minimum absolute atomic E-state index is 0.212. The molecule has 0 unspecified atom stereocenters. The first-order valence-corrected chi connectivity index (χ1v) is 8.43. The minimum Gasteiger partial charge on any atom is -0.349 e. The predicted octanol–water partition coefficient (Wildman–Crippen LogP) is 2.32. The summed E-state index contributed by atoms with van der Waals surface area (Å²) in [6.07, 6.45) is 2.01. The maximum atomic E-state index is 12.6. The third kappa shape index (κ3) is 2.75. The lowest BCUT2D eigenvalue weighted by Gasteiger charge is -2.10. The number of amides is 1. The number of rotatable bonds is 4. The molecule has 0 fully saturated rings. The largest absolute Gasteiger partial charge is 0.349 e. The third-order valence-corrected chi connectivity index (χ3v) is 4.49. The monoisotopic (exact) mass is 346 g/mol. The van der Waals surface area contributed by atoms with Crippen LogP contribution in [0.2, 0.25) is 0 Å². The molecule has 1 amide bonds. The van der Waals surface area contributed by atoms with E-state index in [1.165, 1.54) is 10.1 Å². The summed E-state index contributed by atoms with van der Waals surface area (Å²) in [5.41, 5.74) is 1.18. The number of para-hydroxylation sites is 1. The van der Waals surface area contributed by atoms with Gasteiger partial charge in [-0.3, -0.25) is 9.59 Å². The first-order valence-electron chi connectivity index (χ1n) is 8.43. The molecular weight excluding hydrogens is 328 g/mol. The molecule has 0 saturated carbocycles. The molecule has 1 N–H and O–H groups in total. The number of nitrogens with zero attached hydrogens (tertiary/aromatic N) is 3. The van der Waals surface area contributed by atoms with Crippen LogP contribution in [0.25, 0.3) is 21.7 Å². The number of hydrogen-bond donors (Lipinski definition) is 1. The van der Waals surface area contributed by atoms with Crippen molar-refractivity contribution in [2.75, 3.05) is 6.54 Å². The molecule has 4 aromatic rings. The average molecular weight is 346 g/mol. The van der Waals surface area contributed by atoms with Gasteiger partial charge in [-0.25, -0.2) is 4.68 Å². The zero-order valence-corrected chi connectivity index (χ0v) is 14.3. The Hall–Kier alpha value is -3.41. The number of aryl methyl sites for hydroxylation is 1. The Morgan fingerprint density at radius 2 is 1.77 bits per heavy atom. The van der Waals surface area contributed by atoms with Crippen LogP contribution < -0.4 is 10.9 Å². The molecule has 0 aliphatic heterocycles. The molecule has 0 aliphatic carbocycles. The molecule has 0 bridgehead atoms. The van der Waals surface area contributed by atoms with Crippen molar-refractivity contribution in [3.8, 4) is 0 Å². The van der Waals surface area contributed by atoms with Crippen molar-refractivity contribution >= 4 is 27.6 Å². The van der Waals surface area contributed by atoms with Gasteiger partial charge >= 0.3 is 0 Å². The van der Waals surface area contributed by atoms with Gasteiger partial charge in [0.15, 0.2) is 5.69 Å². The summed E-state index contributed by atoms with van der Waals surface area (Å²) in [7, 11) is 1.55. The molecule has 0 radical (unpaired) electrons. The highest BCUT2D eigenvalue weighted by Gasteiger charge is 2.15. The SMILES string of the molecule is Cn1nc(C(=O)NCCn2ccc3ccccc32)c2ccccc2c1=O. The van der Waals surface area contributed by atoms with Crippen LogP contribution in [0.5, 0.6) is 0 Å². The Morgan fingerprint density at radius 3 is 2.62 bits per heavy atom. The number of nitrogens with one attached hydrogen (secondary N) is 1. The van der Waals surface area contributed by atoms with Crippen molar-refractivity contribution in [3.63, 3.8) is 0 Å². The number of hydrogen-bond acceptors (Lipinski definition) is 3. The first-order chi connectivity index (χ1) is 12.6. The summed E-state index contributed by atoms with van der Waals surface area (Å²) >= 11 is 0. The highest BCUT2D eigenvalue weighted by Crippen LogP contribution is 2.15. The molecular formula is C20H18N4O2. The first kappa shape index (κ1) is 16.1. The zero-order valence-electron chi connectivity index (χ0n) is 14.3. The van der Waals surface area contributed by atoms with Gasteiger partial charge in [-0.15, -0.1) is 0 Å². The van der Waals surface area contributed by atoms with E-state index in [1.807, 2.05) is 18.3 Å². The van der Waals surface area contributed by atoms with Crippen LogP contribution >= 0.6 is 0 Å². The smallest absolute Gasteiger partial charge is 0.274 e. The summed E-state index contributed by atoms with van der Waals surface area (Å²) in [5, 5.41) is 9.29. The molecule has 130 valence electrons. The molecule has 0 spiro atoms. The molecule has 6 heteroatoms. The van der Waals surface area contributed by atoms with Gasteiger partial charge in [-0.05, 0) is 23.6 Å². The van der Waals surface area contributed by atoms with E-state index in [9.17, 15) is 9.59 Å². The van der Waals surface area contributed by atoms with Crippen LogP contribution in [-0.2, 0) is 13.6 Å². The number of fused-ring (bicyclic) bond motifs is 2. The van der Waals surface area contributed by atoms with Gasteiger partial charge in [0.2, 0.25) is 0 Å². The summed E-state index contributed by atoms with van der Waals surface area (Å²) in [6, 6.07) is 17.2. The van der Waals surface area contributed by atoms with Gasteiger partial charge in [0, 0.05) is 37.2 Å². The zero-order chi connectivity index (χ0) is 18.1. The summed E-state index contributed by atoms with van der Waals surface area (Å²) in [4.78, 5) is 24.8. The maximum absolute atomic E-state index is 12.6. The molecule has 0 saturated heterocycles. The third-order valence-electron chi connectivity index (χ3n) is 4.49. The van der Waals surface area contributed by atoms with E-state index in [4.69, 9.17) is 0 Å². The molecule has 6 nitrogen and oxygen atoms in total. The molecule has 0 aliphatic rings. The van der Waals surface area contributed by atoms with Crippen molar-refractivity contribution in [1.82, 2.24) is 19.7 Å². The van der Waals surface area contributed by atoms with E-state index in [2.05, 4.69) is 33.2 Å². The summed E-state index contributed by atoms with van der Waals surface area (Å²) in [5.74, 6) is -0.284. The van der Waals surface area contributed by atoms with Crippen LogP contribution in [0.15, 0.2) is 65.6 Å². The maximum Gasteiger partial charge on any atom is 0.274 e. The second-order valence-corrected chi connectivity index (χ2v) is 6.15. The Kier molecular flexibility index (Phi) is 4.01. The van der Waals surface area contributed by atoms with Crippen LogP contribution in [0.4, 0.5) is 0 Å². The lowest BCUT2D eigenvalue weighted by molar-refractivity contribution is 0.0947. The highest BCUT2D eigenvalue weighted by atomic mass is 16.2. The van der Waals surface area contributed by atoms with Crippen molar-refractivity contribution < 1.29 is 4.79 Å². The molecule has 0 atom stereocenters. The topological polar surface area (TPSA) is 68.9 Å². The Balaban J connectivity index is 1.55. The van der Waals surface area contributed by atoms with Gasteiger partial charge in [-0.1, -0.05) is 36.4 Å². The van der Waals surface area contributed by atoms with Gasteiger partial charge in [0.25, 0.3) is 11.5 Å². The standard InChI is InChI=1S/C20H18N4O2/c1-23-20(26)16-8-4-3-7-15(16)18(22-23)19(25)21-11-13-24-12-10-14-6-2-5-9-17(14)24/h2-10,12H,11,13H2,1H3,(H,21,25). The lowest BCUT2D eigenvalue weighted by Crippen LogP contribution is -2.31. The van der Waals surface area contributed by atoms with E-state index in [0.29, 0.717) is 23.9 Å². The van der Waals surface area contributed by atoms with Crippen molar-refractivity contribution in [1.29, 1.82) is 0 Å². The lowest BCUT2D eigenvalue weighted by atomic mass is 10.1. The van der Waals surface area contributed by atoms with E-state index in [-0.39, 0.29) is 17.2 Å². The van der Waals surface area contributed by atoms with Gasteiger partial charge < -0.3 is 9.88 Å². The fraction of sp³-hybridized carbons (Fsp3) is 0.150. The quantitative estimate of drug-likeness (QED) is 0.616. The van der Waals surface area contributed by atoms with E-state index >= 15 is 0 Å². The second-order valence-electron chi connectivity index (χ2n) is 6.15. The van der Waals surface area contributed by atoms with Crippen LogP contribution in [0.1, 0.15) is 10.5 Å². The van der Waals surface area contributed by atoms with Gasteiger partial charge in [0.05, 0.1) is 5.39 Å². The predicted molar refractivity (Wildman–Crippen MR) is 101 cm³/mol. The number of aromatic nitrogens is 3. The minimum atomic E-state index is -0.284. The van der Waals surface area contributed by atoms with E-state index in [1.54, 1.807) is 31.3 Å². The normalized spacial score (nSPS) is 11.1. The van der Waals surface area contributed by atoms with Crippen molar-refractivity contribution in [2.45, 2.75) is 6.54 Å². The fourth-order valence-corrected chi connectivity index (χ4v) is 3.18. The van der Waals surface area contributed by atoms with Crippen LogP contribution in [0, 0.1) is 0 Å². The molecule has 2 heterocycles. The van der Waals surface area contributed by atoms with Crippen LogP contribution in [-0.4, -0.2) is 26.8 Å². The number of benzene rings is 2. The average Bonchev–Trinajstić information content (AvgIpc) is 3.08. The number of carbonyl (C=O) groups excluding carboxylic acids is 1. The highest BCUT2D eigenvalue weighted by molar-refractivity contribution is 6.04. The van der Waals surface area contributed by atoms with Gasteiger partial charge in [0.1, 0.15) is 0 Å². The van der Waals surface area contributed by atoms with Crippen molar-refractivity contribution in [3.05, 3.63) is 76.8 Å². The van der Waals surface area contributed by atoms with Crippen LogP contribution in [0.3, 0.4) is 0 Å². The molecule has 2 aromatic carbocycles. The Bertz CT molecular complexity index is 1170. The molecule has 4 rings (SSSR count). The Labute approximate surface area is 149 Å². The van der Waals surface area contributed by atoms with E-state index in [0.717, 1.165) is 5.52 Å². The second kappa shape index (κ2) is 6.48. The van der Waals surface area contributed by atoms with Crippen molar-refractivity contribution in [2.24, 2.45) is 7.05 Å². The molecule has 2 aromatic heterocycles. The Morgan fingerprint density at radius 1 is 1.04 bits per heavy atom. The molecule has 26 heavy (non-hydrogen) atoms. The fourth-order valence-electron chi connectivity index (χ4n) is 3.18.